The van der Waals surface area contributed by atoms with E-state index < -0.39 is 6.30 Å². The minimum Gasteiger partial charge on any atom is -0.207 e. The molecule has 0 N–H and O–H groups in total. The molecule has 2 rings (SSSR count). The maximum atomic E-state index is 13.1. The van der Waals surface area contributed by atoms with Crippen molar-refractivity contribution in [1.29, 1.82) is 0 Å². The van der Waals surface area contributed by atoms with E-state index in [2.05, 4.69) is 0 Å². The first-order valence-electron chi connectivity index (χ1n) is 6.45. The van der Waals surface area contributed by atoms with Crippen LogP contribution in [0.1, 0.15) is 37.7 Å². The van der Waals surface area contributed by atoms with Gasteiger partial charge in [-0.05, 0) is 18.4 Å². The SMILES string of the molecule is FC(F)(F)N(Cc1ccccc1)C1CCCCC1. The van der Waals surface area contributed by atoms with Crippen LogP contribution >= 0.6 is 0 Å². The number of alkyl halides is 3. The summed E-state index contributed by atoms with van der Waals surface area (Å²) >= 11 is 0. The van der Waals surface area contributed by atoms with Crippen molar-refractivity contribution in [3.8, 4) is 0 Å². The molecular weight excluding hydrogens is 239 g/mol. The Labute approximate surface area is 106 Å². The second-order valence-electron chi connectivity index (χ2n) is 4.87. The number of nitrogens with zero attached hydrogens (tertiary/aromatic N) is 1. The van der Waals surface area contributed by atoms with Crippen LogP contribution in [0, 0.1) is 0 Å². The molecule has 0 saturated heterocycles. The fraction of sp³-hybridized carbons (Fsp3) is 0.571. The van der Waals surface area contributed by atoms with E-state index in [9.17, 15) is 13.2 Å². The Morgan fingerprint density at radius 1 is 1.00 bits per heavy atom. The Kier molecular flexibility index (Phi) is 4.27. The van der Waals surface area contributed by atoms with Crippen LogP contribution in [-0.2, 0) is 6.54 Å². The summed E-state index contributed by atoms with van der Waals surface area (Å²) in [6, 6.07) is 8.54. The van der Waals surface area contributed by atoms with E-state index in [0.29, 0.717) is 17.7 Å². The van der Waals surface area contributed by atoms with Gasteiger partial charge in [0.25, 0.3) is 0 Å². The van der Waals surface area contributed by atoms with Crippen molar-refractivity contribution in [2.75, 3.05) is 0 Å². The highest BCUT2D eigenvalue weighted by molar-refractivity contribution is 5.14. The van der Waals surface area contributed by atoms with Crippen molar-refractivity contribution >= 4 is 0 Å². The molecule has 1 aliphatic rings. The van der Waals surface area contributed by atoms with Crippen molar-refractivity contribution in [2.45, 2.75) is 51.0 Å². The Morgan fingerprint density at radius 2 is 1.61 bits per heavy atom. The van der Waals surface area contributed by atoms with Gasteiger partial charge in [-0.1, -0.05) is 49.6 Å². The minimum absolute atomic E-state index is 0.0327. The number of benzene rings is 1. The highest BCUT2D eigenvalue weighted by Gasteiger charge is 2.41. The number of rotatable bonds is 3. The van der Waals surface area contributed by atoms with E-state index in [1.54, 1.807) is 24.3 Å². The van der Waals surface area contributed by atoms with Gasteiger partial charge in [-0.3, -0.25) is 0 Å². The fourth-order valence-corrected chi connectivity index (χ4v) is 2.60. The average Bonchev–Trinajstić information content (AvgIpc) is 2.37. The van der Waals surface area contributed by atoms with E-state index in [4.69, 9.17) is 0 Å². The van der Waals surface area contributed by atoms with Gasteiger partial charge >= 0.3 is 6.30 Å². The predicted octanol–water partition coefficient (Wildman–Crippen LogP) is 4.34. The van der Waals surface area contributed by atoms with Crippen molar-refractivity contribution < 1.29 is 13.2 Å². The molecular formula is C14H18F3N. The van der Waals surface area contributed by atoms with Gasteiger partial charge in [-0.25, -0.2) is 4.90 Å². The molecule has 1 fully saturated rings. The predicted molar refractivity (Wildman–Crippen MR) is 64.9 cm³/mol. The third kappa shape index (κ3) is 3.48. The minimum atomic E-state index is -4.24. The van der Waals surface area contributed by atoms with Crippen LogP contribution in [0.2, 0.25) is 0 Å². The monoisotopic (exact) mass is 257 g/mol. The van der Waals surface area contributed by atoms with Crippen LogP contribution in [0.25, 0.3) is 0 Å². The van der Waals surface area contributed by atoms with E-state index in [1.807, 2.05) is 6.07 Å². The van der Waals surface area contributed by atoms with E-state index in [-0.39, 0.29) is 12.6 Å². The molecule has 0 bridgehead atoms. The van der Waals surface area contributed by atoms with Gasteiger partial charge in [-0.2, -0.15) is 13.2 Å². The molecule has 0 spiro atoms. The van der Waals surface area contributed by atoms with Gasteiger partial charge in [0.1, 0.15) is 0 Å². The lowest BCUT2D eigenvalue weighted by Gasteiger charge is -2.35. The zero-order valence-electron chi connectivity index (χ0n) is 10.3. The summed E-state index contributed by atoms with van der Waals surface area (Å²) in [5, 5.41) is 0. The molecule has 0 heterocycles. The molecule has 0 unspecified atom stereocenters. The van der Waals surface area contributed by atoms with Crippen LogP contribution in [0.3, 0.4) is 0 Å². The summed E-state index contributed by atoms with van der Waals surface area (Å²) in [6.45, 7) is -0.0327. The van der Waals surface area contributed by atoms with Gasteiger partial charge in [0, 0.05) is 12.6 Å². The van der Waals surface area contributed by atoms with E-state index in [1.165, 1.54) is 0 Å². The molecule has 1 saturated carbocycles. The first-order valence-corrected chi connectivity index (χ1v) is 6.45. The topological polar surface area (TPSA) is 3.24 Å². The fourth-order valence-electron chi connectivity index (χ4n) is 2.60. The summed E-state index contributed by atoms with van der Waals surface area (Å²) in [5.74, 6) is 0. The van der Waals surface area contributed by atoms with Crippen LogP contribution < -0.4 is 0 Å². The van der Waals surface area contributed by atoms with Crippen molar-refractivity contribution in [2.24, 2.45) is 0 Å². The summed E-state index contributed by atoms with van der Waals surface area (Å²) in [7, 11) is 0. The zero-order chi connectivity index (χ0) is 13.0. The molecule has 0 radical (unpaired) electrons. The quantitative estimate of drug-likeness (QED) is 0.728. The maximum absolute atomic E-state index is 13.1. The molecule has 1 aromatic carbocycles. The lowest BCUT2D eigenvalue weighted by molar-refractivity contribution is -0.265. The van der Waals surface area contributed by atoms with Crippen LogP contribution in [0.15, 0.2) is 30.3 Å². The molecule has 100 valence electrons. The molecule has 0 amide bonds. The molecule has 18 heavy (non-hydrogen) atoms. The van der Waals surface area contributed by atoms with Gasteiger partial charge in [-0.15, -0.1) is 0 Å². The molecule has 1 aliphatic carbocycles. The first-order chi connectivity index (χ1) is 8.57. The standard InChI is InChI=1S/C14H18F3N/c15-14(16,17)18(13-9-5-2-6-10-13)11-12-7-3-1-4-8-12/h1,3-4,7-8,13H,2,5-6,9-11H2. The van der Waals surface area contributed by atoms with Gasteiger partial charge < -0.3 is 0 Å². The molecule has 1 aromatic rings. The number of hydrogen-bond acceptors (Lipinski definition) is 1. The van der Waals surface area contributed by atoms with Crippen molar-refractivity contribution in [1.82, 2.24) is 4.90 Å². The van der Waals surface area contributed by atoms with Gasteiger partial charge in [0.2, 0.25) is 0 Å². The molecule has 0 aromatic heterocycles. The van der Waals surface area contributed by atoms with Gasteiger partial charge in [0.05, 0.1) is 0 Å². The Morgan fingerprint density at radius 3 is 2.17 bits per heavy atom. The number of hydrogen-bond donors (Lipinski definition) is 0. The lowest BCUT2D eigenvalue weighted by Crippen LogP contribution is -2.45. The highest BCUT2D eigenvalue weighted by atomic mass is 19.4. The smallest absolute Gasteiger partial charge is 0.207 e. The molecule has 4 heteroatoms. The van der Waals surface area contributed by atoms with Crippen molar-refractivity contribution in [3.05, 3.63) is 35.9 Å². The average molecular weight is 257 g/mol. The first kappa shape index (κ1) is 13.4. The summed E-state index contributed by atoms with van der Waals surface area (Å²) in [5.41, 5.74) is 0.723. The Balaban J connectivity index is 2.10. The Hall–Kier alpha value is -1.03. The highest BCUT2D eigenvalue weighted by Crippen LogP contribution is 2.32. The summed E-state index contributed by atoms with van der Waals surface area (Å²) in [6.07, 6.45) is -0.0395. The second-order valence-corrected chi connectivity index (χ2v) is 4.87. The largest absolute Gasteiger partial charge is 0.460 e. The molecule has 0 aliphatic heterocycles. The lowest BCUT2D eigenvalue weighted by atomic mass is 9.94. The third-order valence-electron chi connectivity index (χ3n) is 3.54. The normalized spacial score (nSPS) is 18.2. The molecule has 1 nitrogen and oxygen atoms in total. The van der Waals surface area contributed by atoms with Crippen LogP contribution in [-0.4, -0.2) is 17.2 Å². The molecule has 0 atom stereocenters. The maximum Gasteiger partial charge on any atom is 0.460 e. The number of halogens is 3. The van der Waals surface area contributed by atoms with Crippen molar-refractivity contribution in [3.63, 3.8) is 0 Å². The van der Waals surface area contributed by atoms with Crippen LogP contribution in [0.4, 0.5) is 13.2 Å². The van der Waals surface area contributed by atoms with E-state index >= 15 is 0 Å². The summed E-state index contributed by atoms with van der Waals surface area (Å²) in [4.78, 5) is 0.710. The zero-order valence-corrected chi connectivity index (χ0v) is 10.3. The van der Waals surface area contributed by atoms with Crippen LogP contribution in [0.5, 0.6) is 0 Å². The summed E-state index contributed by atoms with van der Waals surface area (Å²) < 4.78 is 39.3. The second kappa shape index (κ2) is 5.74. The van der Waals surface area contributed by atoms with E-state index in [0.717, 1.165) is 24.8 Å². The Bertz CT molecular complexity index is 355. The third-order valence-corrected chi connectivity index (χ3v) is 3.54. The van der Waals surface area contributed by atoms with Gasteiger partial charge in [0.15, 0.2) is 0 Å².